The highest BCUT2D eigenvalue weighted by Gasteiger charge is 2.18. The van der Waals surface area contributed by atoms with Gasteiger partial charge in [0.05, 0.1) is 25.5 Å². The fraction of sp³-hybridized carbons (Fsp3) is 0.524. The molecule has 0 aliphatic heterocycles. The third kappa shape index (κ3) is 6.90. The molecule has 1 heterocycles. The van der Waals surface area contributed by atoms with Crippen molar-refractivity contribution < 1.29 is 9.47 Å². The van der Waals surface area contributed by atoms with Crippen molar-refractivity contribution in [2.45, 2.75) is 44.9 Å². The third-order valence-electron chi connectivity index (χ3n) is 4.90. The van der Waals surface area contributed by atoms with Crippen LogP contribution in [0.25, 0.3) is 0 Å². The second-order valence-corrected chi connectivity index (χ2v) is 8.13. The standard InChI is InChI=1S/C21H31N5O2S.HI/c1-22-20(24-13-16-14-29-21(25-16)26(2)3)23-12-15-9-10-18(27-4)11-19(15)28-17-7-5-6-8-17;/h9-11,14,17H,5-8,12-13H2,1-4H3,(H2,22,23,24);1H. The molecule has 7 nitrogen and oxygen atoms in total. The number of hydrogen-bond acceptors (Lipinski definition) is 6. The van der Waals surface area contributed by atoms with E-state index in [1.807, 2.05) is 37.2 Å². The smallest absolute Gasteiger partial charge is 0.191 e. The van der Waals surface area contributed by atoms with Crippen LogP contribution >= 0.6 is 35.3 Å². The van der Waals surface area contributed by atoms with Gasteiger partial charge in [-0.3, -0.25) is 4.99 Å². The quantitative estimate of drug-likeness (QED) is 0.297. The second-order valence-electron chi connectivity index (χ2n) is 7.29. The van der Waals surface area contributed by atoms with E-state index in [2.05, 4.69) is 26.0 Å². The van der Waals surface area contributed by atoms with E-state index < -0.39 is 0 Å². The summed E-state index contributed by atoms with van der Waals surface area (Å²) in [6.07, 6.45) is 5.02. The van der Waals surface area contributed by atoms with Crippen molar-refractivity contribution in [3.8, 4) is 11.5 Å². The number of thiazole rings is 1. The van der Waals surface area contributed by atoms with Gasteiger partial charge in [-0.2, -0.15) is 0 Å². The molecule has 0 amide bonds. The van der Waals surface area contributed by atoms with Crippen LogP contribution in [0.3, 0.4) is 0 Å². The zero-order valence-corrected chi connectivity index (χ0v) is 21.3. The second kappa shape index (κ2) is 12.2. The molecule has 0 saturated heterocycles. The number of anilines is 1. The Balaban J connectivity index is 0.00000320. The van der Waals surface area contributed by atoms with Crippen LogP contribution in [-0.2, 0) is 13.1 Å². The fourth-order valence-corrected chi connectivity index (χ4v) is 4.02. The summed E-state index contributed by atoms with van der Waals surface area (Å²) >= 11 is 1.63. The van der Waals surface area contributed by atoms with E-state index in [9.17, 15) is 0 Å². The summed E-state index contributed by atoms with van der Waals surface area (Å²) in [7, 11) is 7.44. The fourth-order valence-electron chi connectivity index (χ4n) is 3.26. The molecular weight excluding hydrogens is 513 g/mol. The van der Waals surface area contributed by atoms with Crippen LogP contribution in [0.4, 0.5) is 5.13 Å². The number of halogens is 1. The van der Waals surface area contributed by atoms with Crippen LogP contribution in [0.15, 0.2) is 28.6 Å². The van der Waals surface area contributed by atoms with Crippen LogP contribution in [0.1, 0.15) is 36.9 Å². The molecule has 30 heavy (non-hydrogen) atoms. The molecule has 9 heteroatoms. The van der Waals surface area contributed by atoms with Gasteiger partial charge in [0, 0.05) is 44.7 Å². The first-order valence-electron chi connectivity index (χ1n) is 9.99. The van der Waals surface area contributed by atoms with Crippen molar-refractivity contribution in [3.05, 3.63) is 34.8 Å². The number of methoxy groups -OCH3 is 1. The molecule has 166 valence electrons. The minimum Gasteiger partial charge on any atom is -0.497 e. The maximum absolute atomic E-state index is 6.28. The minimum atomic E-state index is 0. The number of rotatable bonds is 8. The molecule has 1 aromatic heterocycles. The van der Waals surface area contributed by atoms with Gasteiger partial charge >= 0.3 is 0 Å². The lowest BCUT2D eigenvalue weighted by molar-refractivity contribution is 0.207. The summed E-state index contributed by atoms with van der Waals surface area (Å²) in [5, 5.41) is 9.75. The maximum atomic E-state index is 6.28. The molecule has 0 unspecified atom stereocenters. The first-order chi connectivity index (χ1) is 14.1. The van der Waals surface area contributed by atoms with E-state index in [-0.39, 0.29) is 24.0 Å². The molecule has 0 atom stereocenters. The number of guanidine groups is 1. The lowest BCUT2D eigenvalue weighted by Crippen LogP contribution is -2.36. The maximum Gasteiger partial charge on any atom is 0.191 e. The van der Waals surface area contributed by atoms with Gasteiger partial charge in [-0.15, -0.1) is 35.3 Å². The number of aromatic nitrogens is 1. The lowest BCUT2D eigenvalue weighted by Gasteiger charge is -2.18. The molecule has 1 aliphatic rings. The molecule has 0 radical (unpaired) electrons. The lowest BCUT2D eigenvalue weighted by atomic mass is 10.2. The topological polar surface area (TPSA) is 71.0 Å². The number of benzene rings is 1. The van der Waals surface area contributed by atoms with Crippen LogP contribution in [0.5, 0.6) is 11.5 Å². The monoisotopic (exact) mass is 545 g/mol. The Hall–Kier alpha value is -1.75. The number of hydrogen-bond donors (Lipinski definition) is 2. The minimum absolute atomic E-state index is 0. The molecule has 1 aliphatic carbocycles. The van der Waals surface area contributed by atoms with Crippen molar-refractivity contribution in [1.29, 1.82) is 0 Å². The van der Waals surface area contributed by atoms with Gasteiger partial charge in [0.2, 0.25) is 0 Å². The molecule has 3 rings (SSSR count). The SMILES string of the molecule is CN=C(NCc1csc(N(C)C)n1)NCc1ccc(OC)cc1OC1CCCC1.I. The molecule has 2 aromatic rings. The Morgan fingerprint density at radius 2 is 1.97 bits per heavy atom. The molecular formula is C21H32IN5O2S. The molecule has 2 N–H and O–H groups in total. The first kappa shape index (κ1) is 24.5. The summed E-state index contributed by atoms with van der Waals surface area (Å²) in [5.41, 5.74) is 2.08. The number of nitrogens with one attached hydrogen (secondary N) is 2. The Morgan fingerprint density at radius 1 is 1.23 bits per heavy atom. The van der Waals surface area contributed by atoms with Gasteiger partial charge in [-0.05, 0) is 37.8 Å². The Morgan fingerprint density at radius 3 is 2.60 bits per heavy atom. The predicted molar refractivity (Wildman–Crippen MR) is 135 cm³/mol. The predicted octanol–water partition coefficient (Wildman–Crippen LogP) is 4.02. The van der Waals surface area contributed by atoms with Crippen molar-refractivity contribution in [2.24, 2.45) is 4.99 Å². The van der Waals surface area contributed by atoms with Crippen molar-refractivity contribution in [2.75, 3.05) is 33.2 Å². The third-order valence-corrected chi connectivity index (χ3v) is 5.96. The molecule has 0 spiro atoms. The van der Waals surface area contributed by atoms with Gasteiger partial charge in [0.1, 0.15) is 11.5 Å². The van der Waals surface area contributed by atoms with Crippen LogP contribution in [-0.4, -0.2) is 45.3 Å². The zero-order valence-electron chi connectivity index (χ0n) is 18.1. The molecule has 0 bridgehead atoms. The summed E-state index contributed by atoms with van der Waals surface area (Å²) in [5.74, 6) is 2.42. The average molecular weight is 545 g/mol. The largest absolute Gasteiger partial charge is 0.497 e. The van der Waals surface area contributed by atoms with Gasteiger partial charge in [0.25, 0.3) is 0 Å². The van der Waals surface area contributed by atoms with E-state index in [1.165, 1.54) is 12.8 Å². The highest BCUT2D eigenvalue weighted by atomic mass is 127. The van der Waals surface area contributed by atoms with Crippen LogP contribution in [0.2, 0.25) is 0 Å². The molecule has 1 fully saturated rings. The van der Waals surface area contributed by atoms with E-state index in [0.717, 1.165) is 46.7 Å². The van der Waals surface area contributed by atoms with E-state index in [0.29, 0.717) is 19.2 Å². The number of aliphatic imine (C=N–C) groups is 1. The highest BCUT2D eigenvalue weighted by molar-refractivity contribution is 14.0. The van der Waals surface area contributed by atoms with Crippen molar-refractivity contribution in [1.82, 2.24) is 15.6 Å². The molecule has 1 aromatic carbocycles. The average Bonchev–Trinajstić information content (AvgIpc) is 3.41. The first-order valence-corrected chi connectivity index (χ1v) is 10.9. The summed E-state index contributed by atoms with van der Waals surface area (Å²) in [6, 6.07) is 5.99. The Bertz CT molecular complexity index is 821. The summed E-state index contributed by atoms with van der Waals surface area (Å²) in [6.45, 7) is 1.24. The van der Waals surface area contributed by atoms with Crippen LogP contribution < -0.4 is 25.0 Å². The van der Waals surface area contributed by atoms with Gasteiger partial charge in [0.15, 0.2) is 11.1 Å². The zero-order chi connectivity index (χ0) is 20.6. The van der Waals surface area contributed by atoms with Gasteiger partial charge in [-0.25, -0.2) is 4.98 Å². The number of nitrogens with zero attached hydrogens (tertiary/aromatic N) is 3. The van der Waals surface area contributed by atoms with Gasteiger partial charge < -0.3 is 25.0 Å². The Labute approximate surface area is 200 Å². The van der Waals surface area contributed by atoms with E-state index in [1.54, 1.807) is 25.5 Å². The highest BCUT2D eigenvalue weighted by Crippen LogP contribution is 2.30. The Kier molecular flexibility index (Phi) is 9.96. The van der Waals surface area contributed by atoms with Crippen molar-refractivity contribution >= 4 is 46.4 Å². The summed E-state index contributed by atoms with van der Waals surface area (Å²) in [4.78, 5) is 10.9. The number of ether oxygens (including phenoxy) is 2. The van der Waals surface area contributed by atoms with Crippen LogP contribution in [0, 0.1) is 0 Å². The van der Waals surface area contributed by atoms with Crippen molar-refractivity contribution in [3.63, 3.8) is 0 Å². The molecule has 1 saturated carbocycles. The summed E-state index contributed by atoms with van der Waals surface area (Å²) < 4.78 is 11.7. The van der Waals surface area contributed by atoms with Gasteiger partial charge in [-0.1, -0.05) is 0 Å². The van der Waals surface area contributed by atoms with E-state index >= 15 is 0 Å². The normalized spacial score (nSPS) is 14.2. The van der Waals surface area contributed by atoms with E-state index in [4.69, 9.17) is 9.47 Å².